The van der Waals surface area contributed by atoms with E-state index in [2.05, 4.69) is 5.32 Å². The van der Waals surface area contributed by atoms with Crippen molar-refractivity contribution in [3.05, 3.63) is 89.0 Å². The predicted octanol–water partition coefficient (Wildman–Crippen LogP) is 5.08. The number of carbonyl (C=O) groups excluding carboxylic acids is 1. The Balaban J connectivity index is 1.89. The van der Waals surface area contributed by atoms with Crippen LogP contribution < -0.4 is 14.4 Å². The van der Waals surface area contributed by atoms with Crippen molar-refractivity contribution in [2.75, 3.05) is 17.5 Å². The summed E-state index contributed by atoms with van der Waals surface area (Å²) in [6.07, 6.45) is 0. The summed E-state index contributed by atoms with van der Waals surface area (Å²) >= 11 is 0. The van der Waals surface area contributed by atoms with Gasteiger partial charge in [0.2, 0.25) is 5.91 Å². The Hall–Kier alpha value is -3.32. The zero-order chi connectivity index (χ0) is 24.9. The van der Waals surface area contributed by atoms with Gasteiger partial charge in [-0.15, -0.1) is 0 Å². The van der Waals surface area contributed by atoms with Gasteiger partial charge in [0.05, 0.1) is 23.2 Å². The van der Waals surface area contributed by atoms with E-state index in [4.69, 9.17) is 4.74 Å². The van der Waals surface area contributed by atoms with Crippen LogP contribution in [0.25, 0.3) is 0 Å². The molecule has 0 aliphatic heterocycles. The Kier molecular flexibility index (Phi) is 7.99. The third-order valence-corrected chi connectivity index (χ3v) is 7.53. The number of hydrogen-bond acceptors (Lipinski definition) is 4. The maximum Gasteiger partial charge on any atom is 0.264 e. The minimum absolute atomic E-state index is 0.127. The Morgan fingerprint density at radius 1 is 0.941 bits per heavy atom. The third-order valence-electron chi connectivity index (χ3n) is 5.74. The topological polar surface area (TPSA) is 75.7 Å². The Morgan fingerprint density at radius 2 is 1.59 bits per heavy atom. The fourth-order valence-electron chi connectivity index (χ4n) is 3.56. The standard InChI is InChI=1S/C27H32N2O4S/c1-6-33-25-13-11-24(12-14-25)29(34(31,32)26-15-7-19(2)8-16-26)18-27(30)28-22(5)23-10-9-20(3)21(4)17-23/h7-17,22H,6,18H2,1-5H3,(H,28,30). The van der Waals surface area contributed by atoms with Crippen LogP contribution >= 0.6 is 0 Å². The van der Waals surface area contributed by atoms with Crippen molar-refractivity contribution in [3.8, 4) is 5.75 Å². The van der Waals surface area contributed by atoms with E-state index in [0.717, 1.165) is 21.0 Å². The first-order chi connectivity index (χ1) is 16.1. The van der Waals surface area contributed by atoms with Crippen LogP contribution in [-0.2, 0) is 14.8 Å². The molecule has 1 N–H and O–H groups in total. The van der Waals surface area contributed by atoms with Crippen LogP contribution in [0.5, 0.6) is 5.75 Å². The lowest BCUT2D eigenvalue weighted by Gasteiger charge is -2.25. The molecule has 1 unspecified atom stereocenters. The van der Waals surface area contributed by atoms with Crippen molar-refractivity contribution < 1.29 is 17.9 Å². The summed E-state index contributed by atoms with van der Waals surface area (Å²) in [5.74, 6) is 0.238. The van der Waals surface area contributed by atoms with Gasteiger partial charge in [-0.3, -0.25) is 9.10 Å². The predicted molar refractivity (Wildman–Crippen MR) is 136 cm³/mol. The second-order valence-corrected chi connectivity index (χ2v) is 10.2. The van der Waals surface area contributed by atoms with Gasteiger partial charge >= 0.3 is 0 Å². The summed E-state index contributed by atoms with van der Waals surface area (Å²) in [6.45, 7) is 9.87. The number of ether oxygens (including phenoxy) is 1. The van der Waals surface area contributed by atoms with Crippen LogP contribution in [0.15, 0.2) is 71.6 Å². The fraction of sp³-hybridized carbons (Fsp3) is 0.296. The molecule has 0 fully saturated rings. The third kappa shape index (κ3) is 5.97. The molecule has 0 aliphatic rings. The van der Waals surface area contributed by atoms with E-state index in [-0.39, 0.29) is 17.5 Å². The van der Waals surface area contributed by atoms with Gasteiger partial charge in [0.1, 0.15) is 12.3 Å². The first kappa shape index (κ1) is 25.3. The fourth-order valence-corrected chi connectivity index (χ4v) is 4.98. The molecule has 3 rings (SSSR count). The lowest BCUT2D eigenvalue weighted by Crippen LogP contribution is -2.41. The number of nitrogens with zero attached hydrogens (tertiary/aromatic N) is 1. The molecule has 0 heterocycles. The van der Waals surface area contributed by atoms with Crippen molar-refractivity contribution >= 4 is 21.6 Å². The zero-order valence-electron chi connectivity index (χ0n) is 20.3. The zero-order valence-corrected chi connectivity index (χ0v) is 21.1. The average molecular weight is 481 g/mol. The molecule has 7 heteroatoms. The summed E-state index contributed by atoms with van der Waals surface area (Å²) in [7, 11) is -3.97. The van der Waals surface area contributed by atoms with Crippen LogP contribution in [0.3, 0.4) is 0 Å². The SMILES string of the molecule is CCOc1ccc(N(CC(=O)NC(C)c2ccc(C)c(C)c2)S(=O)(=O)c2ccc(C)cc2)cc1. The number of benzene rings is 3. The molecule has 0 saturated carbocycles. The number of sulfonamides is 1. The molecule has 0 aromatic heterocycles. The summed E-state index contributed by atoms with van der Waals surface area (Å²) in [5.41, 5.74) is 4.61. The molecule has 0 bridgehead atoms. The average Bonchev–Trinajstić information content (AvgIpc) is 2.80. The number of nitrogens with one attached hydrogen (secondary N) is 1. The van der Waals surface area contributed by atoms with Crippen LogP contribution in [0.4, 0.5) is 5.69 Å². The highest BCUT2D eigenvalue weighted by atomic mass is 32.2. The molecule has 180 valence electrons. The van der Waals surface area contributed by atoms with Gasteiger partial charge in [-0.2, -0.15) is 0 Å². The van der Waals surface area contributed by atoms with E-state index in [1.807, 2.05) is 52.8 Å². The molecule has 0 saturated heterocycles. The highest BCUT2D eigenvalue weighted by Crippen LogP contribution is 2.26. The summed E-state index contributed by atoms with van der Waals surface area (Å²) in [6, 6.07) is 19.1. The van der Waals surface area contributed by atoms with Crippen molar-refractivity contribution in [2.24, 2.45) is 0 Å². The lowest BCUT2D eigenvalue weighted by atomic mass is 10.0. The van der Waals surface area contributed by atoms with Gasteiger partial charge < -0.3 is 10.1 Å². The molecule has 0 aliphatic carbocycles. The van der Waals surface area contributed by atoms with E-state index in [1.165, 1.54) is 5.56 Å². The van der Waals surface area contributed by atoms with Gasteiger partial charge in [0.25, 0.3) is 10.0 Å². The van der Waals surface area contributed by atoms with Crippen molar-refractivity contribution in [3.63, 3.8) is 0 Å². The minimum atomic E-state index is -3.97. The monoisotopic (exact) mass is 480 g/mol. The highest BCUT2D eigenvalue weighted by molar-refractivity contribution is 7.92. The van der Waals surface area contributed by atoms with E-state index in [1.54, 1.807) is 48.5 Å². The van der Waals surface area contributed by atoms with Crippen molar-refractivity contribution in [2.45, 2.75) is 45.6 Å². The second kappa shape index (κ2) is 10.7. The number of anilines is 1. The van der Waals surface area contributed by atoms with Crippen LogP contribution in [0.2, 0.25) is 0 Å². The maximum atomic E-state index is 13.5. The van der Waals surface area contributed by atoms with Gasteiger partial charge in [-0.05, 0) is 87.7 Å². The van der Waals surface area contributed by atoms with Crippen LogP contribution in [0.1, 0.15) is 42.1 Å². The molecular weight excluding hydrogens is 448 g/mol. The maximum absolute atomic E-state index is 13.5. The first-order valence-electron chi connectivity index (χ1n) is 11.3. The molecule has 6 nitrogen and oxygen atoms in total. The summed E-state index contributed by atoms with van der Waals surface area (Å²) in [5, 5.41) is 2.94. The van der Waals surface area contributed by atoms with E-state index < -0.39 is 15.9 Å². The Bertz CT molecular complexity index is 1240. The lowest BCUT2D eigenvalue weighted by molar-refractivity contribution is -0.120. The van der Waals surface area contributed by atoms with Crippen molar-refractivity contribution in [1.29, 1.82) is 0 Å². The molecule has 1 amide bonds. The summed E-state index contributed by atoms with van der Waals surface area (Å²) in [4.78, 5) is 13.1. The molecule has 3 aromatic rings. The number of rotatable bonds is 9. The number of carbonyl (C=O) groups is 1. The first-order valence-corrected chi connectivity index (χ1v) is 12.7. The van der Waals surface area contributed by atoms with Gasteiger partial charge in [0, 0.05) is 0 Å². The quantitative estimate of drug-likeness (QED) is 0.463. The second-order valence-electron chi connectivity index (χ2n) is 8.38. The van der Waals surface area contributed by atoms with Gasteiger partial charge in [-0.25, -0.2) is 8.42 Å². The largest absolute Gasteiger partial charge is 0.494 e. The van der Waals surface area contributed by atoms with Crippen LogP contribution in [0, 0.1) is 20.8 Å². The number of hydrogen-bond donors (Lipinski definition) is 1. The van der Waals surface area contributed by atoms with E-state index in [9.17, 15) is 13.2 Å². The molecule has 1 atom stereocenters. The normalized spacial score (nSPS) is 12.1. The van der Waals surface area contributed by atoms with Crippen molar-refractivity contribution in [1.82, 2.24) is 5.32 Å². The molecule has 34 heavy (non-hydrogen) atoms. The molecule has 3 aromatic carbocycles. The Labute approximate surface area is 202 Å². The molecule has 0 radical (unpaired) electrons. The number of aryl methyl sites for hydroxylation is 3. The highest BCUT2D eigenvalue weighted by Gasteiger charge is 2.28. The van der Waals surface area contributed by atoms with E-state index >= 15 is 0 Å². The molecular formula is C27H32N2O4S. The van der Waals surface area contributed by atoms with Crippen LogP contribution in [-0.4, -0.2) is 27.5 Å². The van der Waals surface area contributed by atoms with Gasteiger partial charge in [0.15, 0.2) is 0 Å². The Morgan fingerprint density at radius 3 is 2.18 bits per heavy atom. The summed E-state index contributed by atoms with van der Waals surface area (Å²) < 4.78 is 33.7. The van der Waals surface area contributed by atoms with E-state index in [0.29, 0.717) is 18.0 Å². The van der Waals surface area contributed by atoms with Gasteiger partial charge in [-0.1, -0.05) is 35.9 Å². The smallest absolute Gasteiger partial charge is 0.264 e. The minimum Gasteiger partial charge on any atom is -0.494 e. The molecule has 0 spiro atoms. The number of amides is 1.